The molecule has 0 amide bonds. The average Bonchev–Trinajstić information content (AvgIpc) is 2.38. The summed E-state index contributed by atoms with van der Waals surface area (Å²) in [6.07, 6.45) is 0.776. The minimum Gasteiger partial charge on any atom is -0.360 e. The van der Waals surface area contributed by atoms with Gasteiger partial charge in [-0.2, -0.15) is 5.26 Å². The van der Waals surface area contributed by atoms with Gasteiger partial charge in [-0.15, -0.1) is 0 Å². The molecule has 0 aromatic carbocycles. The molecule has 0 aliphatic carbocycles. The minimum absolute atomic E-state index is 0.00356. The van der Waals surface area contributed by atoms with Gasteiger partial charge in [-0.25, -0.2) is 4.98 Å². The number of nitriles is 1. The fourth-order valence-corrected chi connectivity index (χ4v) is 1.83. The third-order valence-electron chi connectivity index (χ3n) is 2.80. The van der Waals surface area contributed by atoms with E-state index in [9.17, 15) is 10.1 Å². The molecule has 0 N–H and O–H groups in total. The standard InChI is InChI=1S/C11H12N4O3/c1-8-4-11(13-6-10(8)15(16)17)14-2-3-18-9(5-12)7-14/h4,6,9H,2-3,7H2,1H3. The highest BCUT2D eigenvalue weighted by atomic mass is 16.6. The molecule has 1 aliphatic heterocycles. The molecule has 1 aliphatic rings. The van der Waals surface area contributed by atoms with Crippen molar-refractivity contribution in [1.29, 1.82) is 5.26 Å². The highest BCUT2D eigenvalue weighted by Gasteiger charge is 2.22. The van der Waals surface area contributed by atoms with Crippen LogP contribution in [0.4, 0.5) is 11.5 Å². The van der Waals surface area contributed by atoms with Crippen molar-refractivity contribution >= 4 is 11.5 Å². The molecule has 1 aromatic rings. The van der Waals surface area contributed by atoms with E-state index < -0.39 is 11.0 Å². The Hall–Kier alpha value is -2.20. The quantitative estimate of drug-likeness (QED) is 0.573. The second-order valence-electron chi connectivity index (χ2n) is 4.02. The van der Waals surface area contributed by atoms with E-state index in [4.69, 9.17) is 10.00 Å². The maximum absolute atomic E-state index is 10.7. The molecule has 0 bridgehead atoms. The maximum atomic E-state index is 10.7. The van der Waals surface area contributed by atoms with E-state index in [0.717, 1.165) is 0 Å². The Morgan fingerprint density at radius 3 is 3.11 bits per heavy atom. The Morgan fingerprint density at radius 2 is 2.50 bits per heavy atom. The van der Waals surface area contributed by atoms with Crippen LogP contribution in [-0.2, 0) is 4.74 Å². The smallest absolute Gasteiger partial charge is 0.290 e. The van der Waals surface area contributed by atoms with Crippen LogP contribution in [0.15, 0.2) is 12.3 Å². The molecular formula is C11H12N4O3. The van der Waals surface area contributed by atoms with Gasteiger partial charge >= 0.3 is 0 Å². The van der Waals surface area contributed by atoms with E-state index in [0.29, 0.717) is 31.1 Å². The van der Waals surface area contributed by atoms with Gasteiger partial charge in [0.15, 0.2) is 6.10 Å². The summed E-state index contributed by atoms with van der Waals surface area (Å²) in [5.74, 6) is 0.640. The minimum atomic E-state index is -0.476. The SMILES string of the molecule is Cc1cc(N2CCOC(C#N)C2)ncc1[N+](=O)[O-]. The molecule has 94 valence electrons. The van der Waals surface area contributed by atoms with Crippen molar-refractivity contribution in [3.8, 4) is 6.07 Å². The van der Waals surface area contributed by atoms with Crippen LogP contribution in [0.25, 0.3) is 0 Å². The van der Waals surface area contributed by atoms with Crippen LogP contribution in [0.5, 0.6) is 0 Å². The number of ether oxygens (including phenoxy) is 1. The number of aromatic nitrogens is 1. The van der Waals surface area contributed by atoms with Gasteiger partial charge in [0.1, 0.15) is 12.0 Å². The molecule has 1 aromatic heterocycles. The first-order chi connectivity index (χ1) is 8.61. The van der Waals surface area contributed by atoms with Gasteiger partial charge in [-0.05, 0) is 13.0 Å². The zero-order valence-corrected chi connectivity index (χ0v) is 9.87. The van der Waals surface area contributed by atoms with Crippen molar-refractivity contribution in [3.63, 3.8) is 0 Å². The van der Waals surface area contributed by atoms with E-state index in [1.807, 2.05) is 11.0 Å². The third kappa shape index (κ3) is 2.38. The molecule has 0 saturated carbocycles. The van der Waals surface area contributed by atoms with Crippen LogP contribution in [0.3, 0.4) is 0 Å². The Balaban J connectivity index is 2.21. The Bertz CT molecular complexity index is 512. The second-order valence-corrected chi connectivity index (χ2v) is 4.02. The van der Waals surface area contributed by atoms with Gasteiger partial charge in [-0.3, -0.25) is 10.1 Å². The molecule has 1 atom stereocenters. The van der Waals surface area contributed by atoms with Gasteiger partial charge in [0.25, 0.3) is 5.69 Å². The third-order valence-corrected chi connectivity index (χ3v) is 2.80. The van der Waals surface area contributed by atoms with Crippen LogP contribution in [0.1, 0.15) is 5.56 Å². The summed E-state index contributed by atoms with van der Waals surface area (Å²) in [4.78, 5) is 16.2. The molecule has 0 radical (unpaired) electrons. The highest BCUT2D eigenvalue weighted by molar-refractivity contribution is 5.49. The summed E-state index contributed by atoms with van der Waals surface area (Å²) < 4.78 is 5.23. The number of hydrogen-bond donors (Lipinski definition) is 0. The van der Waals surface area contributed by atoms with Gasteiger partial charge in [0, 0.05) is 12.1 Å². The van der Waals surface area contributed by atoms with Crippen LogP contribution >= 0.6 is 0 Å². The van der Waals surface area contributed by atoms with Gasteiger partial charge in [0.05, 0.1) is 24.1 Å². The normalized spacial score (nSPS) is 19.3. The van der Waals surface area contributed by atoms with Crippen molar-refractivity contribution in [1.82, 2.24) is 4.98 Å². The van der Waals surface area contributed by atoms with Crippen LogP contribution in [-0.4, -0.2) is 35.7 Å². The molecule has 2 heterocycles. The van der Waals surface area contributed by atoms with Gasteiger partial charge < -0.3 is 9.64 Å². The summed E-state index contributed by atoms with van der Waals surface area (Å²) >= 11 is 0. The molecule has 7 nitrogen and oxygen atoms in total. The number of hydrogen-bond acceptors (Lipinski definition) is 6. The van der Waals surface area contributed by atoms with Crippen molar-refractivity contribution in [2.24, 2.45) is 0 Å². The first-order valence-electron chi connectivity index (χ1n) is 5.49. The molecule has 1 unspecified atom stereocenters. The monoisotopic (exact) mass is 248 g/mol. The molecule has 2 rings (SSSR count). The van der Waals surface area contributed by atoms with E-state index in [2.05, 4.69) is 4.98 Å². The predicted octanol–water partition coefficient (Wildman–Crippen LogP) is 1.03. The lowest BCUT2D eigenvalue weighted by atomic mass is 10.2. The number of pyridine rings is 1. The highest BCUT2D eigenvalue weighted by Crippen LogP contribution is 2.22. The number of aryl methyl sites for hydroxylation is 1. The fraction of sp³-hybridized carbons (Fsp3) is 0.455. The zero-order chi connectivity index (χ0) is 13.1. The van der Waals surface area contributed by atoms with Crippen LogP contribution < -0.4 is 4.90 Å². The molecular weight excluding hydrogens is 236 g/mol. The zero-order valence-electron chi connectivity index (χ0n) is 9.87. The van der Waals surface area contributed by atoms with E-state index in [1.54, 1.807) is 13.0 Å². The lowest BCUT2D eigenvalue weighted by Crippen LogP contribution is -2.42. The Labute approximate surface area is 104 Å². The average molecular weight is 248 g/mol. The van der Waals surface area contributed by atoms with Gasteiger partial charge in [-0.1, -0.05) is 0 Å². The van der Waals surface area contributed by atoms with Crippen molar-refractivity contribution in [3.05, 3.63) is 27.9 Å². The summed E-state index contributed by atoms with van der Waals surface area (Å²) in [6, 6.07) is 3.71. The van der Waals surface area contributed by atoms with E-state index in [-0.39, 0.29) is 5.69 Å². The summed E-state index contributed by atoms with van der Waals surface area (Å²) in [6.45, 7) is 3.19. The topological polar surface area (TPSA) is 92.3 Å². The summed E-state index contributed by atoms with van der Waals surface area (Å²) in [5, 5.41) is 19.5. The summed E-state index contributed by atoms with van der Waals surface area (Å²) in [5.41, 5.74) is 0.564. The Morgan fingerprint density at radius 1 is 1.72 bits per heavy atom. The number of rotatable bonds is 2. The number of anilines is 1. The lowest BCUT2D eigenvalue weighted by molar-refractivity contribution is -0.385. The Kier molecular flexibility index (Phi) is 3.39. The molecule has 7 heteroatoms. The maximum Gasteiger partial charge on any atom is 0.290 e. The van der Waals surface area contributed by atoms with Crippen molar-refractivity contribution < 1.29 is 9.66 Å². The van der Waals surface area contributed by atoms with E-state index in [1.165, 1.54) is 6.20 Å². The van der Waals surface area contributed by atoms with Crippen molar-refractivity contribution in [2.45, 2.75) is 13.0 Å². The largest absolute Gasteiger partial charge is 0.360 e. The summed E-state index contributed by atoms with van der Waals surface area (Å²) in [7, 11) is 0. The van der Waals surface area contributed by atoms with Gasteiger partial charge in [0.2, 0.25) is 0 Å². The molecule has 1 saturated heterocycles. The number of nitrogens with zero attached hydrogens (tertiary/aromatic N) is 4. The first-order valence-corrected chi connectivity index (χ1v) is 5.49. The van der Waals surface area contributed by atoms with Crippen LogP contribution in [0, 0.1) is 28.4 Å². The number of nitro groups is 1. The van der Waals surface area contributed by atoms with Crippen molar-refractivity contribution in [2.75, 3.05) is 24.6 Å². The van der Waals surface area contributed by atoms with Crippen LogP contribution in [0.2, 0.25) is 0 Å². The molecule has 0 spiro atoms. The number of morpholine rings is 1. The predicted molar refractivity (Wildman–Crippen MR) is 63.2 cm³/mol. The fourth-order valence-electron chi connectivity index (χ4n) is 1.83. The molecule has 18 heavy (non-hydrogen) atoms. The first kappa shape index (κ1) is 12.3. The second kappa shape index (κ2) is 4.98. The van der Waals surface area contributed by atoms with E-state index >= 15 is 0 Å². The lowest BCUT2D eigenvalue weighted by Gasteiger charge is -2.30. The molecule has 1 fully saturated rings.